The summed E-state index contributed by atoms with van der Waals surface area (Å²) in [6.07, 6.45) is 3.70. The Morgan fingerprint density at radius 1 is 1.33 bits per heavy atom. The molecule has 0 heterocycles. The first-order valence-electron chi connectivity index (χ1n) is 6.75. The summed E-state index contributed by atoms with van der Waals surface area (Å²) in [4.78, 5) is 0. The molecule has 1 aromatic rings. The SMILES string of the molecule is CCNC(Cc1ccc(F)cc1)C(OC)C1CC1. The minimum Gasteiger partial charge on any atom is -0.380 e. The number of hydrogen-bond acceptors (Lipinski definition) is 2. The van der Waals surface area contributed by atoms with Crippen molar-refractivity contribution in [2.45, 2.75) is 38.3 Å². The Morgan fingerprint density at radius 3 is 2.50 bits per heavy atom. The predicted octanol–water partition coefficient (Wildman–Crippen LogP) is 2.77. The predicted molar refractivity (Wildman–Crippen MR) is 71.1 cm³/mol. The molecule has 2 atom stereocenters. The number of nitrogens with one attached hydrogen (secondary N) is 1. The van der Waals surface area contributed by atoms with Gasteiger partial charge in [0.2, 0.25) is 0 Å². The highest BCUT2D eigenvalue weighted by molar-refractivity contribution is 5.18. The van der Waals surface area contributed by atoms with E-state index in [1.165, 1.54) is 25.0 Å². The van der Waals surface area contributed by atoms with E-state index in [1.54, 1.807) is 7.11 Å². The van der Waals surface area contributed by atoms with Crippen molar-refractivity contribution in [1.82, 2.24) is 5.32 Å². The van der Waals surface area contributed by atoms with E-state index in [2.05, 4.69) is 12.2 Å². The fourth-order valence-electron chi connectivity index (χ4n) is 2.55. The van der Waals surface area contributed by atoms with Crippen LogP contribution >= 0.6 is 0 Å². The molecule has 0 aliphatic heterocycles. The monoisotopic (exact) mass is 251 g/mol. The molecule has 1 saturated carbocycles. The lowest BCUT2D eigenvalue weighted by Crippen LogP contribution is -2.43. The molecule has 2 rings (SSSR count). The molecule has 1 aromatic carbocycles. The highest BCUT2D eigenvalue weighted by atomic mass is 19.1. The van der Waals surface area contributed by atoms with Crippen LogP contribution in [0.15, 0.2) is 24.3 Å². The van der Waals surface area contributed by atoms with E-state index in [0.717, 1.165) is 18.5 Å². The van der Waals surface area contributed by atoms with Crippen molar-refractivity contribution in [3.05, 3.63) is 35.6 Å². The van der Waals surface area contributed by atoms with Crippen LogP contribution in [-0.4, -0.2) is 25.8 Å². The molecular weight excluding hydrogens is 229 g/mol. The van der Waals surface area contributed by atoms with Crippen LogP contribution in [0.2, 0.25) is 0 Å². The Hall–Kier alpha value is -0.930. The van der Waals surface area contributed by atoms with Gasteiger partial charge in [-0.2, -0.15) is 0 Å². The molecule has 100 valence electrons. The van der Waals surface area contributed by atoms with Crippen molar-refractivity contribution in [1.29, 1.82) is 0 Å². The van der Waals surface area contributed by atoms with Gasteiger partial charge in [-0.3, -0.25) is 0 Å². The maximum absolute atomic E-state index is 12.9. The van der Waals surface area contributed by atoms with Crippen LogP contribution in [0.4, 0.5) is 4.39 Å². The van der Waals surface area contributed by atoms with E-state index in [4.69, 9.17) is 4.74 Å². The Bertz CT molecular complexity index is 361. The lowest BCUT2D eigenvalue weighted by molar-refractivity contribution is 0.0516. The first kappa shape index (κ1) is 13.5. The molecule has 3 heteroatoms. The van der Waals surface area contributed by atoms with Crippen molar-refractivity contribution >= 4 is 0 Å². The third-order valence-corrected chi connectivity index (χ3v) is 3.59. The molecule has 2 nitrogen and oxygen atoms in total. The molecule has 1 N–H and O–H groups in total. The van der Waals surface area contributed by atoms with Crippen LogP contribution in [0.1, 0.15) is 25.3 Å². The number of rotatable bonds is 7. The summed E-state index contributed by atoms with van der Waals surface area (Å²) in [6.45, 7) is 3.04. The standard InChI is InChI=1S/C15H22FNO/c1-3-17-14(15(18-2)12-6-7-12)10-11-4-8-13(16)9-5-11/h4-5,8-9,12,14-15,17H,3,6-7,10H2,1-2H3. The average molecular weight is 251 g/mol. The number of halogens is 1. The van der Waals surface area contributed by atoms with Crippen LogP contribution in [0.3, 0.4) is 0 Å². The van der Waals surface area contributed by atoms with E-state index in [0.29, 0.717) is 12.0 Å². The van der Waals surface area contributed by atoms with Crippen LogP contribution in [-0.2, 0) is 11.2 Å². The fourth-order valence-corrected chi connectivity index (χ4v) is 2.55. The Kier molecular flexibility index (Phi) is 4.72. The molecule has 18 heavy (non-hydrogen) atoms. The van der Waals surface area contributed by atoms with Gasteiger partial charge in [-0.05, 0) is 49.4 Å². The van der Waals surface area contributed by atoms with Crippen LogP contribution in [0.25, 0.3) is 0 Å². The molecule has 0 amide bonds. The van der Waals surface area contributed by atoms with Crippen molar-refractivity contribution in [3.8, 4) is 0 Å². The van der Waals surface area contributed by atoms with E-state index in [1.807, 2.05) is 12.1 Å². The minimum atomic E-state index is -0.177. The molecule has 2 unspecified atom stereocenters. The zero-order valence-electron chi connectivity index (χ0n) is 11.2. The molecule has 0 saturated heterocycles. The molecule has 1 aliphatic carbocycles. The number of methoxy groups -OCH3 is 1. The first-order chi connectivity index (χ1) is 8.74. The van der Waals surface area contributed by atoms with E-state index in [-0.39, 0.29) is 11.9 Å². The fraction of sp³-hybridized carbons (Fsp3) is 0.600. The lowest BCUT2D eigenvalue weighted by Gasteiger charge is -2.27. The number of ether oxygens (including phenoxy) is 1. The normalized spacial score (nSPS) is 18.6. The molecule has 1 aliphatic rings. The van der Waals surface area contributed by atoms with Gasteiger partial charge in [0.05, 0.1) is 6.10 Å². The van der Waals surface area contributed by atoms with Gasteiger partial charge in [0.25, 0.3) is 0 Å². The Morgan fingerprint density at radius 2 is 2.00 bits per heavy atom. The molecule has 0 radical (unpaired) electrons. The summed E-state index contributed by atoms with van der Waals surface area (Å²) in [6, 6.07) is 7.09. The quantitative estimate of drug-likeness (QED) is 0.804. The topological polar surface area (TPSA) is 21.3 Å². The van der Waals surface area contributed by atoms with Gasteiger partial charge in [0.1, 0.15) is 5.82 Å². The highest BCUT2D eigenvalue weighted by Gasteiger charge is 2.36. The summed E-state index contributed by atoms with van der Waals surface area (Å²) in [5.74, 6) is 0.517. The van der Waals surface area contributed by atoms with Gasteiger partial charge in [0.15, 0.2) is 0 Å². The van der Waals surface area contributed by atoms with Crippen molar-refractivity contribution in [2.75, 3.05) is 13.7 Å². The van der Waals surface area contributed by atoms with Gasteiger partial charge in [0, 0.05) is 13.2 Å². The van der Waals surface area contributed by atoms with E-state index in [9.17, 15) is 4.39 Å². The summed E-state index contributed by atoms with van der Waals surface area (Å²) in [7, 11) is 1.79. The maximum atomic E-state index is 12.9. The number of benzene rings is 1. The minimum absolute atomic E-state index is 0.177. The van der Waals surface area contributed by atoms with Crippen LogP contribution in [0.5, 0.6) is 0 Å². The van der Waals surface area contributed by atoms with E-state index >= 15 is 0 Å². The van der Waals surface area contributed by atoms with Crippen molar-refractivity contribution in [3.63, 3.8) is 0 Å². The van der Waals surface area contributed by atoms with Crippen LogP contribution < -0.4 is 5.32 Å². The second-order valence-electron chi connectivity index (χ2n) is 5.03. The Labute approximate surface area is 109 Å². The second kappa shape index (κ2) is 6.30. The molecule has 0 spiro atoms. The molecule has 0 aromatic heterocycles. The highest BCUT2D eigenvalue weighted by Crippen LogP contribution is 2.36. The summed E-state index contributed by atoms with van der Waals surface area (Å²) < 4.78 is 18.5. The zero-order valence-corrected chi connectivity index (χ0v) is 11.2. The second-order valence-corrected chi connectivity index (χ2v) is 5.03. The third-order valence-electron chi connectivity index (χ3n) is 3.59. The van der Waals surface area contributed by atoms with Gasteiger partial charge in [-0.1, -0.05) is 19.1 Å². The summed E-state index contributed by atoms with van der Waals surface area (Å²) in [5.41, 5.74) is 1.16. The van der Waals surface area contributed by atoms with Crippen molar-refractivity contribution < 1.29 is 9.13 Å². The third kappa shape index (κ3) is 3.53. The average Bonchev–Trinajstić information content (AvgIpc) is 3.18. The molecule has 1 fully saturated rings. The van der Waals surface area contributed by atoms with Gasteiger partial charge < -0.3 is 10.1 Å². The summed E-state index contributed by atoms with van der Waals surface area (Å²) >= 11 is 0. The molecular formula is C15H22FNO. The van der Waals surface area contributed by atoms with Gasteiger partial charge >= 0.3 is 0 Å². The van der Waals surface area contributed by atoms with Gasteiger partial charge in [-0.25, -0.2) is 4.39 Å². The van der Waals surface area contributed by atoms with Gasteiger partial charge in [-0.15, -0.1) is 0 Å². The maximum Gasteiger partial charge on any atom is 0.123 e. The van der Waals surface area contributed by atoms with E-state index < -0.39 is 0 Å². The smallest absolute Gasteiger partial charge is 0.123 e. The Balaban J connectivity index is 2.02. The van der Waals surface area contributed by atoms with Crippen LogP contribution in [0, 0.1) is 11.7 Å². The first-order valence-corrected chi connectivity index (χ1v) is 6.75. The lowest BCUT2D eigenvalue weighted by atomic mass is 9.98. The number of hydrogen-bond donors (Lipinski definition) is 1. The summed E-state index contributed by atoms with van der Waals surface area (Å²) in [5, 5.41) is 3.50. The van der Waals surface area contributed by atoms with Crippen molar-refractivity contribution in [2.24, 2.45) is 5.92 Å². The molecule has 0 bridgehead atoms. The largest absolute Gasteiger partial charge is 0.380 e. The zero-order chi connectivity index (χ0) is 13.0. The number of likely N-dealkylation sites (N-methyl/N-ethyl adjacent to an activating group) is 1.